The molecule has 0 bridgehead atoms. The molecule has 1 aromatic rings. The molecule has 0 saturated carbocycles. The van der Waals surface area contributed by atoms with Crippen LogP contribution < -0.4 is 0 Å². The molecular weight excluding hydrogens is 294 g/mol. The Morgan fingerprint density at radius 3 is 3.06 bits per heavy atom. The first-order chi connectivity index (χ1) is 8.69. The lowest BCUT2D eigenvalue weighted by molar-refractivity contribution is 0.102. The van der Waals surface area contributed by atoms with Crippen LogP contribution in [0.2, 0.25) is 0 Å². The number of likely N-dealkylation sites (tertiary alicyclic amines) is 1. The van der Waals surface area contributed by atoms with E-state index in [0.29, 0.717) is 6.10 Å². The zero-order chi connectivity index (χ0) is 13.0. The monoisotopic (exact) mass is 313 g/mol. The predicted octanol–water partition coefficient (Wildman–Crippen LogP) is 2.59. The molecule has 1 heterocycles. The molecule has 0 aliphatic carbocycles. The third-order valence-corrected chi connectivity index (χ3v) is 4.01. The van der Waals surface area contributed by atoms with Gasteiger partial charge in [-0.3, -0.25) is 0 Å². The number of hydrogen-bond acceptors (Lipinski definition) is 3. The topological polar surface area (TPSA) is 32.7 Å². The third kappa shape index (κ3) is 3.79. The lowest BCUT2D eigenvalue weighted by atomic mass is 10.1. The lowest BCUT2D eigenvalue weighted by Crippen LogP contribution is -2.25. The zero-order valence-electron chi connectivity index (χ0n) is 10.7. The fourth-order valence-corrected chi connectivity index (χ4v) is 2.79. The van der Waals surface area contributed by atoms with Crippen molar-refractivity contribution in [2.45, 2.75) is 25.0 Å². The average Bonchev–Trinajstić information content (AvgIpc) is 2.84. The molecule has 1 saturated heterocycles. The molecule has 1 aromatic carbocycles. The van der Waals surface area contributed by atoms with Crippen LogP contribution in [0.4, 0.5) is 0 Å². The van der Waals surface area contributed by atoms with Crippen molar-refractivity contribution in [2.75, 3.05) is 26.7 Å². The third-order valence-electron chi connectivity index (χ3n) is 3.51. The minimum atomic E-state index is -0.385. The van der Waals surface area contributed by atoms with Crippen LogP contribution in [0, 0.1) is 0 Å². The molecular formula is C14H20BrNO2. The van der Waals surface area contributed by atoms with Crippen molar-refractivity contribution in [3.8, 4) is 0 Å². The number of methoxy groups -OCH3 is 1. The minimum absolute atomic E-state index is 0.369. The van der Waals surface area contributed by atoms with E-state index in [4.69, 9.17) is 4.74 Å². The van der Waals surface area contributed by atoms with Gasteiger partial charge < -0.3 is 14.7 Å². The van der Waals surface area contributed by atoms with E-state index >= 15 is 0 Å². The van der Waals surface area contributed by atoms with Gasteiger partial charge in [-0.25, -0.2) is 0 Å². The number of aliphatic hydroxyl groups is 1. The van der Waals surface area contributed by atoms with Crippen molar-refractivity contribution >= 4 is 15.9 Å². The van der Waals surface area contributed by atoms with Gasteiger partial charge in [-0.15, -0.1) is 0 Å². The Kier molecular flexibility index (Phi) is 5.18. The van der Waals surface area contributed by atoms with Gasteiger partial charge in [-0.1, -0.05) is 28.1 Å². The van der Waals surface area contributed by atoms with E-state index in [1.807, 2.05) is 24.3 Å². The van der Waals surface area contributed by atoms with Crippen molar-refractivity contribution in [3.05, 3.63) is 34.3 Å². The summed E-state index contributed by atoms with van der Waals surface area (Å²) in [7, 11) is 1.77. The van der Waals surface area contributed by atoms with Gasteiger partial charge in [0.15, 0.2) is 0 Å². The predicted molar refractivity (Wildman–Crippen MR) is 75.6 cm³/mol. The smallest absolute Gasteiger partial charge is 0.0802 e. The molecule has 0 radical (unpaired) electrons. The first-order valence-corrected chi connectivity index (χ1v) is 7.17. The Hall–Kier alpha value is -0.420. The van der Waals surface area contributed by atoms with Crippen LogP contribution in [0.1, 0.15) is 24.5 Å². The highest BCUT2D eigenvalue weighted by Gasteiger charge is 2.22. The molecule has 1 N–H and O–H groups in total. The number of benzene rings is 1. The summed E-state index contributed by atoms with van der Waals surface area (Å²) < 4.78 is 6.35. The van der Waals surface area contributed by atoms with Gasteiger partial charge in [-0.05, 0) is 30.5 Å². The fraction of sp³-hybridized carbons (Fsp3) is 0.571. The highest BCUT2D eigenvalue weighted by atomic mass is 79.9. The van der Waals surface area contributed by atoms with Crippen LogP contribution in [-0.2, 0) is 4.74 Å². The molecule has 100 valence electrons. The second-order valence-electron chi connectivity index (χ2n) is 4.81. The molecule has 2 unspecified atom stereocenters. The summed E-state index contributed by atoms with van der Waals surface area (Å²) in [5.41, 5.74) is 0.979. The molecule has 1 fully saturated rings. The minimum Gasteiger partial charge on any atom is -0.388 e. The normalized spacial score (nSPS) is 22.3. The van der Waals surface area contributed by atoms with Crippen molar-refractivity contribution in [1.82, 2.24) is 4.90 Å². The molecule has 2 rings (SSSR count). The number of hydrogen-bond donors (Lipinski definition) is 1. The number of halogens is 1. The Morgan fingerprint density at radius 1 is 1.56 bits per heavy atom. The van der Waals surface area contributed by atoms with Crippen molar-refractivity contribution in [3.63, 3.8) is 0 Å². The van der Waals surface area contributed by atoms with Crippen molar-refractivity contribution in [1.29, 1.82) is 0 Å². The Morgan fingerprint density at radius 2 is 2.39 bits per heavy atom. The van der Waals surface area contributed by atoms with Crippen LogP contribution in [-0.4, -0.2) is 42.9 Å². The summed E-state index contributed by atoms with van der Waals surface area (Å²) >= 11 is 3.43. The number of rotatable bonds is 5. The highest BCUT2D eigenvalue weighted by Crippen LogP contribution is 2.22. The second kappa shape index (κ2) is 6.66. The van der Waals surface area contributed by atoms with Gasteiger partial charge >= 0.3 is 0 Å². The van der Waals surface area contributed by atoms with Crippen LogP contribution >= 0.6 is 15.9 Å². The molecule has 3 nitrogen and oxygen atoms in total. The molecule has 0 amide bonds. The maximum Gasteiger partial charge on any atom is 0.0802 e. The van der Waals surface area contributed by atoms with Gasteiger partial charge in [0, 0.05) is 31.2 Å². The number of aliphatic hydroxyl groups excluding tert-OH is 1. The van der Waals surface area contributed by atoms with Gasteiger partial charge in [0.2, 0.25) is 0 Å². The van der Waals surface area contributed by atoms with E-state index in [0.717, 1.165) is 42.5 Å². The molecule has 1 aliphatic rings. The summed E-state index contributed by atoms with van der Waals surface area (Å²) in [5, 5.41) is 10.1. The van der Waals surface area contributed by atoms with Crippen LogP contribution in [0.15, 0.2) is 28.7 Å². The summed E-state index contributed by atoms with van der Waals surface area (Å²) in [6, 6.07) is 7.88. The fourth-order valence-electron chi connectivity index (χ4n) is 2.38. The highest BCUT2D eigenvalue weighted by molar-refractivity contribution is 9.10. The summed E-state index contributed by atoms with van der Waals surface area (Å²) in [5.74, 6) is 0. The van der Waals surface area contributed by atoms with Crippen molar-refractivity contribution in [2.24, 2.45) is 0 Å². The molecule has 4 heteroatoms. The van der Waals surface area contributed by atoms with Gasteiger partial charge in [0.25, 0.3) is 0 Å². The standard InChI is InChI=1S/C14H20BrNO2/c1-18-13-5-7-16(10-13)8-6-14(17)11-3-2-4-12(15)9-11/h2-4,9,13-14,17H,5-8,10H2,1H3. The first kappa shape index (κ1) is 14.0. The largest absolute Gasteiger partial charge is 0.388 e. The van der Waals surface area contributed by atoms with E-state index in [1.54, 1.807) is 7.11 Å². The van der Waals surface area contributed by atoms with Gasteiger partial charge in [-0.2, -0.15) is 0 Å². The number of nitrogens with zero attached hydrogens (tertiary/aromatic N) is 1. The van der Waals surface area contributed by atoms with Crippen LogP contribution in [0.25, 0.3) is 0 Å². The van der Waals surface area contributed by atoms with Crippen LogP contribution in [0.5, 0.6) is 0 Å². The van der Waals surface area contributed by atoms with E-state index in [-0.39, 0.29) is 6.10 Å². The van der Waals surface area contributed by atoms with E-state index < -0.39 is 0 Å². The van der Waals surface area contributed by atoms with Gasteiger partial charge in [0.05, 0.1) is 12.2 Å². The van der Waals surface area contributed by atoms with Crippen molar-refractivity contribution < 1.29 is 9.84 Å². The molecule has 2 atom stereocenters. The molecule has 18 heavy (non-hydrogen) atoms. The average molecular weight is 314 g/mol. The Balaban J connectivity index is 1.80. The van der Waals surface area contributed by atoms with E-state index in [9.17, 15) is 5.11 Å². The first-order valence-electron chi connectivity index (χ1n) is 6.37. The quantitative estimate of drug-likeness (QED) is 0.907. The van der Waals surface area contributed by atoms with Crippen LogP contribution in [0.3, 0.4) is 0 Å². The molecule has 0 aromatic heterocycles. The maximum atomic E-state index is 10.1. The summed E-state index contributed by atoms with van der Waals surface area (Å²) in [6.07, 6.45) is 1.85. The van der Waals surface area contributed by atoms with E-state index in [2.05, 4.69) is 20.8 Å². The molecule has 1 aliphatic heterocycles. The Bertz CT molecular complexity index is 386. The summed E-state index contributed by atoms with van der Waals surface area (Å²) in [4.78, 5) is 2.36. The van der Waals surface area contributed by atoms with E-state index in [1.165, 1.54) is 0 Å². The SMILES string of the molecule is COC1CCN(CCC(O)c2cccc(Br)c2)C1. The van der Waals surface area contributed by atoms with Gasteiger partial charge in [0.1, 0.15) is 0 Å². The zero-order valence-corrected chi connectivity index (χ0v) is 12.3. The maximum absolute atomic E-state index is 10.1. The molecule has 0 spiro atoms. The Labute approximate surface area is 117 Å². The lowest BCUT2D eigenvalue weighted by Gasteiger charge is -2.18. The number of ether oxygens (including phenoxy) is 1. The second-order valence-corrected chi connectivity index (χ2v) is 5.72. The summed E-state index contributed by atoms with van der Waals surface area (Å²) in [6.45, 7) is 2.99.